The van der Waals surface area contributed by atoms with Crippen molar-refractivity contribution in [3.8, 4) is 11.3 Å². The van der Waals surface area contributed by atoms with Gasteiger partial charge in [0.25, 0.3) is 5.91 Å². The van der Waals surface area contributed by atoms with Crippen molar-refractivity contribution in [1.82, 2.24) is 29.9 Å². The van der Waals surface area contributed by atoms with Crippen molar-refractivity contribution in [2.45, 2.75) is 23.4 Å². The minimum Gasteiger partial charge on any atom is -0.345 e. The lowest BCUT2D eigenvalue weighted by Crippen LogP contribution is -2.25. The van der Waals surface area contributed by atoms with Crippen LogP contribution < -0.4 is 5.32 Å². The Balaban J connectivity index is 1.36. The van der Waals surface area contributed by atoms with E-state index in [1.807, 2.05) is 90.3 Å². The number of aryl methyl sites for hydroxylation is 1. The fraction of sp³-hybridized carbons (Fsp3) is 0.0690. The van der Waals surface area contributed by atoms with Gasteiger partial charge < -0.3 is 5.32 Å². The quantitative estimate of drug-likeness (QED) is 0.313. The number of nitrogens with zero attached hydrogens (tertiary/aromatic N) is 5. The number of rotatable bonds is 6. The van der Waals surface area contributed by atoms with Crippen molar-refractivity contribution in [2.75, 3.05) is 0 Å². The lowest BCUT2D eigenvalue weighted by Gasteiger charge is -2.08. The van der Waals surface area contributed by atoms with E-state index in [1.54, 1.807) is 11.8 Å². The second kappa shape index (κ2) is 9.83. The first-order chi connectivity index (χ1) is 18.1. The summed E-state index contributed by atoms with van der Waals surface area (Å²) >= 11 is 1.58. The third kappa shape index (κ3) is 4.79. The second-order valence-corrected chi connectivity index (χ2v) is 9.65. The van der Waals surface area contributed by atoms with Gasteiger partial charge in [0.2, 0.25) is 0 Å². The average Bonchev–Trinajstić information content (AvgIpc) is 3.30. The van der Waals surface area contributed by atoms with E-state index in [2.05, 4.69) is 27.4 Å². The summed E-state index contributed by atoms with van der Waals surface area (Å²) in [6.07, 6.45) is 1.50. The van der Waals surface area contributed by atoms with Crippen molar-refractivity contribution in [3.05, 3.63) is 114 Å². The van der Waals surface area contributed by atoms with Gasteiger partial charge in [-0.05, 0) is 43.3 Å². The number of fused-ring (bicyclic) bond motifs is 2. The normalized spacial score (nSPS) is 11.2. The Morgan fingerprint density at radius 3 is 2.43 bits per heavy atom. The molecule has 0 unspecified atom stereocenters. The molecule has 0 aliphatic heterocycles. The van der Waals surface area contributed by atoms with Crippen LogP contribution in [0.5, 0.6) is 0 Å². The number of benzene rings is 3. The average molecular weight is 503 g/mol. The monoisotopic (exact) mass is 502 g/mol. The van der Waals surface area contributed by atoms with Crippen molar-refractivity contribution < 1.29 is 4.79 Å². The maximum atomic E-state index is 13.1. The summed E-state index contributed by atoms with van der Waals surface area (Å²) in [5.41, 5.74) is 6.08. The fourth-order valence-corrected chi connectivity index (χ4v) is 4.84. The molecule has 1 amide bonds. The number of para-hydroxylation sites is 2. The number of hydrogen-bond acceptors (Lipinski definition) is 6. The van der Waals surface area contributed by atoms with E-state index >= 15 is 0 Å². The molecule has 3 heterocycles. The van der Waals surface area contributed by atoms with E-state index in [4.69, 9.17) is 10.1 Å². The molecule has 3 aromatic carbocycles. The van der Waals surface area contributed by atoms with Crippen molar-refractivity contribution in [3.63, 3.8) is 0 Å². The standard InChI is InChI=1S/C29H22N6OS/c1-19-11-13-20(14-12-19)28-25(18-31-29(36)24-17-30-22-9-5-6-10-23(22)32-24)35-26(33-28)15-16-27(34-35)37-21-7-3-2-4-8-21/h2-17H,18H2,1H3,(H,31,36). The third-order valence-electron chi connectivity index (χ3n) is 5.93. The van der Waals surface area contributed by atoms with Crippen LogP contribution in [0.25, 0.3) is 27.9 Å². The zero-order chi connectivity index (χ0) is 25.2. The van der Waals surface area contributed by atoms with Gasteiger partial charge in [-0.3, -0.25) is 9.78 Å². The molecule has 0 radical (unpaired) electrons. The summed E-state index contributed by atoms with van der Waals surface area (Å²) in [7, 11) is 0. The number of hydrogen-bond donors (Lipinski definition) is 1. The Hall–Kier alpha value is -4.56. The van der Waals surface area contributed by atoms with Gasteiger partial charge in [0.15, 0.2) is 5.65 Å². The van der Waals surface area contributed by atoms with Crippen LogP contribution in [0.3, 0.4) is 0 Å². The van der Waals surface area contributed by atoms with Crippen LogP contribution in [0.15, 0.2) is 107 Å². The smallest absolute Gasteiger partial charge is 0.271 e. The molecule has 0 saturated carbocycles. The van der Waals surface area contributed by atoms with E-state index in [-0.39, 0.29) is 18.1 Å². The van der Waals surface area contributed by atoms with E-state index < -0.39 is 0 Å². The summed E-state index contributed by atoms with van der Waals surface area (Å²) in [5, 5.41) is 8.70. The van der Waals surface area contributed by atoms with Crippen LogP contribution in [0.1, 0.15) is 21.7 Å². The molecule has 6 rings (SSSR count). The lowest BCUT2D eigenvalue weighted by molar-refractivity contribution is 0.0945. The topological polar surface area (TPSA) is 85.1 Å². The first kappa shape index (κ1) is 22.9. The summed E-state index contributed by atoms with van der Waals surface area (Å²) in [4.78, 5) is 27.9. The largest absolute Gasteiger partial charge is 0.345 e. The molecule has 0 bridgehead atoms. The lowest BCUT2D eigenvalue weighted by atomic mass is 10.1. The fourth-order valence-electron chi connectivity index (χ4n) is 4.05. The molecule has 0 atom stereocenters. The zero-order valence-corrected chi connectivity index (χ0v) is 20.8. The van der Waals surface area contributed by atoms with Gasteiger partial charge in [-0.2, -0.15) is 5.10 Å². The molecule has 8 heteroatoms. The highest BCUT2D eigenvalue weighted by Gasteiger charge is 2.18. The van der Waals surface area contributed by atoms with E-state index in [0.717, 1.165) is 38.0 Å². The van der Waals surface area contributed by atoms with Crippen LogP contribution in [-0.2, 0) is 6.54 Å². The molecule has 1 N–H and O–H groups in total. The molecule has 0 aliphatic carbocycles. The van der Waals surface area contributed by atoms with Crippen molar-refractivity contribution >= 4 is 34.3 Å². The Bertz CT molecular complexity index is 1730. The molecular formula is C29H22N6OS. The van der Waals surface area contributed by atoms with Crippen LogP contribution in [0.4, 0.5) is 0 Å². The van der Waals surface area contributed by atoms with Gasteiger partial charge in [-0.15, -0.1) is 0 Å². The maximum Gasteiger partial charge on any atom is 0.271 e. The first-order valence-electron chi connectivity index (χ1n) is 11.8. The SMILES string of the molecule is Cc1ccc(-c2nc3ccc(Sc4ccccc4)nn3c2CNC(=O)c2cnc3ccccc3n2)cc1. The number of carbonyl (C=O) groups is 1. The highest BCUT2D eigenvalue weighted by molar-refractivity contribution is 7.99. The molecule has 0 saturated heterocycles. The minimum absolute atomic E-state index is 0.226. The number of aromatic nitrogens is 5. The predicted molar refractivity (Wildman–Crippen MR) is 144 cm³/mol. The maximum absolute atomic E-state index is 13.1. The molecule has 7 nitrogen and oxygen atoms in total. The molecule has 6 aromatic rings. The van der Waals surface area contributed by atoms with Gasteiger partial charge in [-0.25, -0.2) is 14.5 Å². The van der Waals surface area contributed by atoms with E-state index in [0.29, 0.717) is 11.2 Å². The van der Waals surface area contributed by atoms with Crippen molar-refractivity contribution in [1.29, 1.82) is 0 Å². The number of nitrogens with one attached hydrogen (secondary N) is 1. The van der Waals surface area contributed by atoms with Crippen LogP contribution in [-0.4, -0.2) is 30.5 Å². The number of imidazole rings is 1. The molecule has 37 heavy (non-hydrogen) atoms. The summed E-state index contributed by atoms with van der Waals surface area (Å²) in [5.74, 6) is -0.308. The first-order valence-corrected chi connectivity index (χ1v) is 12.6. The second-order valence-electron chi connectivity index (χ2n) is 8.56. The Kier molecular flexibility index (Phi) is 6.08. The highest BCUT2D eigenvalue weighted by atomic mass is 32.2. The van der Waals surface area contributed by atoms with Gasteiger partial charge in [0.05, 0.1) is 35.2 Å². The summed E-state index contributed by atoms with van der Waals surface area (Å²) < 4.78 is 1.81. The summed E-state index contributed by atoms with van der Waals surface area (Å²) in [6.45, 7) is 2.28. The third-order valence-corrected chi connectivity index (χ3v) is 6.87. The van der Waals surface area contributed by atoms with E-state index in [1.165, 1.54) is 6.20 Å². The molecule has 3 aromatic heterocycles. The number of carbonyl (C=O) groups excluding carboxylic acids is 1. The summed E-state index contributed by atoms with van der Waals surface area (Å²) in [6, 6.07) is 29.7. The van der Waals surface area contributed by atoms with Crippen LogP contribution in [0.2, 0.25) is 0 Å². The zero-order valence-electron chi connectivity index (χ0n) is 20.0. The van der Waals surface area contributed by atoms with Gasteiger partial charge >= 0.3 is 0 Å². The van der Waals surface area contributed by atoms with Gasteiger partial charge in [-0.1, -0.05) is 71.9 Å². The number of amides is 1. The molecule has 0 fully saturated rings. The Labute approximate surface area is 217 Å². The highest BCUT2D eigenvalue weighted by Crippen LogP contribution is 2.29. The van der Waals surface area contributed by atoms with E-state index in [9.17, 15) is 4.79 Å². The molecule has 0 spiro atoms. The molecule has 0 aliphatic rings. The Morgan fingerprint density at radius 2 is 1.62 bits per heavy atom. The van der Waals surface area contributed by atoms with Gasteiger partial charge in [0.1, 0.15) is 10.7 Å². The Morgan fingerprint density at radius 1 is 0.865 bits per heavy atom. The molecular weight excluding hydrogens is 480 g/mol. The predicted octanol–water partition coefficient (Wildman–Crippen LogP) is 5.73. The van der Waals surface area contributed by atoms with Gasteiger partial charge in [0, 0.05) is 10.5 Å². The van der Waals surface area contributed by atoms with Crippen molar-refractivity contribution in [2.24, 2.45) is 0 Å². The van der Waals surface area contributed by atoms with Crippen LogP contribution in [0, 0.1) is 6.92 Å². The molecule has 180 valence electrons. The minimum atomic E-state index is -0.308. The van der Waals surface area contributed by atoms with Crippen LogP contribution >= 0.6 is 11.8 Å².